The molecule has 0 aliphatic carbocycles. The molecule has 2 amide bonds. The summed E-state index contributed by atoms with van der Waals surface area (Å²) in [7, 11) is 0. The summed E-state index contributed by atoms with van der Waals surface area (Å²) >= 11 is 0. The summed E-state index contributed by atoms with van der Waals surface area (Å²) in [6.45, 7) is 0. The highest BCUT2D eigenvalue weighted by Gasteiger charge is 2.14. The maximum absolute atomic E-state index is 12.7. The molecule has 0 unspecified atom stereocenters. The quantitative estimate of drug-likeness (QED) is 0.424. The lowest BCUT2D eigenvalue weighted by Crippen LogP contribution is -2.15. The number of anilines is 2. The van der Waals surface area contributed by atoms with Crippen LogP contribution in [0.3, 0.4) is 0 Å². The van der Waals surface area contributed by atoms with Crippen molar-refractivity contribution in [1.29, 1.82) is 0 Å². The third-order valence-electron chi connectivity index (χ3n) is 4.80. The molecule has 154 valence electrons. The summed E-state index contributed by atoms with van der Waals surface area (Å²) in [5, 5.41) is 7.06. The monoisotopic (exact) mass is 420 g/mol. The number of rotatable bonds is 4. The molecule has 2 N–H and O–H groups in total. The molecule has 8 heteroatoms. The Labute approximate surface area is 182 Å². The first-order chi connectivity index (χ1) is 15.7. The van der Waals surface area contributed by atoms with Crippen molar-refractivity contribution >= 4 is 45.3 Å². The summed E-state index contributed by atoms with van der Waals surface area (Å²) in [6.07, 6.45) is 3.19. The van der Waals surface area contributed by atoms with Crippen LogP contribution in [0.1, 0.15) is 21.0 Å². The molecule has 1 aromatic carbocycles. The molecule has 0 spiro atoms. The normalized spacial score (nSPS) is 10.8. The van der Waals surface area contributed by atoms with Crippen LogP contribution in [-0.4, -0.2) is 31.8 Å². The van der Waals surface area contributed by atoms with Gasteiger partial charge in [0.1, 0.15) is 23.0 Å². The van der Waals surface area contributed by atoms with Crippen molar-refractivity contribution in [2.24, 2.45) is 0 Å². The minimum Gasteiger partial charge on any atom is -0.305 e. The maximum Gasteiger partial charge on any atom is 0.275 e. The fraction of sp³-hybridized carbons (Fsp3) is 0. The minimum atomic E-state index is -0.383. The first kappa shape index (κ1) is 19.3. The van der Waals surface area contributed by atoms with Crippen molar-refractivity contribution in [2.45, 2.75) is 0 Å². The van der Waals surface area contributed by atoms with Gasteiger partial charge in [-0.05, 0) is 36.4 Å². The van der Waals surface area contributed by atoms with Crippen LogP contribution in [0.15, 0.2) is 85.2 Å². The highest BCUT2D eigenvalue weighted by Crippen LogP contribution is 2.23. The van der Waals surface area contributed by atoms with E-state index < -0.39 is 0 Å². The molecule has 4 aromatic heterocycles. The molecule has 4 heterocycles. The first-order valence-electron chi connectivity index (χ1n) is 9.83. The van der Waals surface area contributed by atoms with Crippen LogP contribution in [0, 0.1) is 0 Å². The van der Waals surface area contributed by atoms with Gasteiger partial charge in [0.15, 0.2) is 0 Å². The van der Waals surface area contributed by atoms with Crippen LogP contribution in [-0.2, 0) is 0 Å². The van der Waals surface area contributed by atoms with Gasteiger partial charge < -0.3 is 10.6 Å². The number of aromatic nitrogens is 4. The fourth-order valence-corrected chi connectivity index (χ4v) is 3.25. The molecule has 8 nitrogen and oxygen atoms in total. The predicted molar refractivity (Wildman–Crippen MR) is 121 cm³/mol. The number of carbonyl (C=O) groups excluding carboxylic acids is 2. The topological polar surface area (TPSA) is 110 Å². The lowest BCUT2D eigenvalue weighted by atomic mass is 10.1. The second-order valence-corrected chi connectivity index (χ2v) is 6.94. The van der Waals surface area contributed by atoms with Crippen LogP contribution >= 0.6 is 0 Å². The highest BCUT2D eigenvalue weighted by atomic mass is 16.2. The maximum atomic E-state index is 12.7. The Bertz CT molecular complexity index is 1340. The van der Waals surface area contributed by atoms with E-state index in [0.29, 0.717) is 22.7 Å². The molecule has 0 aliphatic rings. The molecule has 0 saturated heterocycles. The summed E-state index contributed by atoms with van der Waals surface area (Å²) in [4.78, 5) is 42.6. The number of nitrogens with zero attached hydrogens (tertiary/aromatic N) is 4. The lowest BCUT2D eigenvalue weighted by molar-refractivity contribution is 0.101. The zero-order valence-electron chi connectivity index (χ0n) is 16.7. The van der Waals surface area contributed by atoms with Crippen molar-refractivity contribution < 1.29 is 9.59 Å². The van der Waals surface area contributed by atoms with E-state index >= 15 is 0 Å². The number of carbonyl (C=O) groups is 2. The van der Waals surface area contributed by atoms with E-state index in [1.165, 1.54) is 0 Å². The van der Waals surface area contributed by atoms with Crippen molar-refractivity contribution in [2.75, 3.05) is 10.6 Å². The molecule has 32 heavy (non-hydrogen) atoms. The molecule has 0 saturated carbocycles. The number of fused-ring (bicyclic) bond motifs is 3. The van der Waals surface area contributed by atoms with E-state index in [1.807, 2.05) is 12.1 Å². The zero-order chi connectivity index (χ0) is 21.9. The molecule has 0 fully saturated rings. The van der Waals surface area contributed by atoms with Crippen molar-refractivity contribution in [3.05, 3.63) is 96.6 Å². The Morgan fingerprint density at radius 1 is 0.562 bits per heavy atom. The molecule has 5 aromatic rings. The Hall–Kier alpha value is -4.72. The van der Waals surface area contributed by atoms with E-state index in [1.54, 1.807) is 73.1 Å². The van der Waals surface area contributed by atoms with Crippen molar-refractivity contribution in [3.8, 4) is 0 Å². The predicted octanol–water partition coefficient (Wildman–Crippen LogP) is 4.08. The van der Waals surface area contributed by atoms with E-state index in [0.717, 1.165) is 10.8 Å². The van der Waals surface area contributed by atoms with Gasteiger partial charge in [-0.2, -0.15) is 0 Å². The first-order valence-corrected chi connectivity index (χ1v) is 9.83. The van der Waals surface area contributed by atoms with Crippen LogP contribution in [0.2, 0.25) is 0 Å². The number of amides is 2. The Kier molecular flexibility index (Phi) is 4.93. The molecule has 0 aliphatic heterocycles. The minimum absolute atomic E-state index is 0.223. The van der Waals surface area contributed by atoms with Gasteiger partial charge in [-0.3, -0.25) is 9.59 Å². The Morgan fingerprint density at radius 2 is 1.00 bits per heavy atom. The lowest BCUT2D eigenvalue weighted by Gasteiger charge is -2.08. The second kappa shape index (κ2) is 8.19. The van der Waals surface area contributed by atoms with Gasteiger partial charge in [-0.25, -0.2) is 19.9 Å². The zero-order valence-corrected chi connectivity index (χ0v) is 16.7. The second-order valence-electron chi connectivity index (χ2n) is 6.94. The molecular formula is C24H16N6O2. The Balaban J connectivity index is 1.52. The van der Waals surface area contributed by atoms with E-state index in [2.05, 4.69) is 30.6 Å². The van der Waals surface area contributed by atoms with Crippen LogP contribution in [0.4, 0.5) is 11.6 Å². The van der Waals surface area contributed by atoms with E-state index in [4.69, 9.17) is 0 Å². The van der Waals surface area contributed by atoms with E-state index in [-0.39, 0.29) is 23.2 Å². The number of pyridine rings is 4. The highest BCUT2D eigenvalue weighted by molar-refractivity contribution is 6.09. The summed E-state index contributed by atoms with van der Waals surface area (Å²) in [5.74, 6) is 0.103. The average Bonchev–Trinajstić information content (AvgIpc) is 2.84. The number of hydrogen-bond donors (Lipinski definition) is 2. The molecular weight excluding hydrogens is 404 g/mol. The molecule has 0 atom stereocenters. The summed E-state index contributed by atoms with van der Waals surface area (Å²) in [6, 6.07) is 21.2. The third-order valence-corrected chi connectivity index (χ3v) is 4.80. The van der Waals surface area contributed by atoms with Crippen LogP contribution in [0.5, 0.6) is 0 Å². The molecule has 5 rings (SSSR count). The largest absolute Gasteiger partial charge is 0.305 e. The van der Waals surface area contributed by atoms with Crippen molar-refractivity contribution in [1.82, 2.24) is 19.9 Å². The van der Waals surface area contributed by atoms with Gasteiger partial charge in [0, 0.05) is 23.2 Å². The van der Waals surface area contributed by atoms with E-state index in [9.17, 15) is 9.59 Å². The summed E-state index contributed by atoms with van der Waals surface area (Å²) in [5.41, 5.74) is 1.51. The van der Waals surface area contributed by atoms with Crippen molar-refractivity contribution in [3.63, 3.8) is 0 Å². The number of hydrogen-bond acceptors (Lipinski definition) is 6. The van der Waals surface area contributed by atoms with Crippen LogP contribution in [0.25, 0.3) is 21.8 Å². The molecule has 0 bridgehead atoms. The van der Waals surface area contributed by atoms with Gasteiger partial charge in [0.25, 0.3) is 11.8 Å². The van der Waals surface area contributed by atoms with Gasteiger partial charge in [-0.15, -0.1) is 0 Å². The Morgan fingerprint density at radius 3 is 1.41 bits per heavy atom. The fourth-order valence-electron chi connectivity index (χ4n) is 3.25. The van der Waals surface area contributed by atoms with Crippen LogP contribution < -0.4 is 10.6 Å². The molecule has 0 radical (unpaired) electrons. The van der Waals surface area contributed by atoms with Gasteiger partial charge in [0.2, 0.25) is 0 Å². The third kappa shape index (κ3) is 3.84. The smallest absolute Gasteiger partial charge is 0.275 e. The number of nitrogens with one attached hydrogen (secondary N) is 2. The SMILES string of the molecule is O=C(Nc1ccccn1)c1ccc2ccc3ccc(C(=O)Nc4ccccn4)nc3c2n1. The average molecular weight is 420 g/mol. The van der Waals surface area contributed by atoms with Gasteiger partial charge in [0.05, 0.1) is 11.0 Å². The van der Waals surface area contributed by atoms with Gasteiger partial charge in [-0.1, -0.05) is 36.4 Å². The standard InChI is InChI=1S/C24H16N6O2/c31-23(29-19-5-1-3-13-25-19)17-11-9-15-7-8-16-10-12-18(28-22(16)21(15)27-17)24(32)30-20-6-2-4-14-26-20/h1-14H,(H,25,29,31)(H,26,30,32). The summed E-state index contributed by atoms with van der Waals surface area (Å²) < 4.78 is 0. The van der Waals surface area contributed by atoms with Gasteiger partial charge >= 0.3 is 0 Å². The number of benzene rings is 1.